The molecule has 0 spiro atoms. The fraction of sp³-hybridized carbons (Fsp3) is 0.278. The van der Waals surface area contributed by atoms with Gasteiger partial charge in [0.2, 0.25) is 0 Å². The SMILES string of the molecule is COC(=O)C(c1ccccc1OS(=O)(=O)c1ccccc1)C(C)C. The number of hydrogen-bond acceptors (Lipinski definition) is 5. The minimum Gasteiger partial charge on any atom is -0.469 e. The highest BCUT2D eigenvalue weighted by molar-refractivity contribution is 7.87. The number of hydrogen-bond donors (Lipinski definition) is 0. The highest BCUT2D eigenvalue weighted by Crippen LogP contribution is 2.34. The van der Waals surface area contributed by atoms with Gasteiger partial charge in [-0.15, -0.1) is 0 Å². The first-order chi connectivity index (χ1) is 11.4. The van der Waals surface area contributed by atoms with E-state index < -0.39 is 22.0 Å². The fourth-order valence-corrected chi connectivity index (χ4v) is 3.43. The summed E-state index contributed by atoms with van der Waals surface area (Å²) in [5, 5.41) is 0. The van der Waals surface area contributed by atoms with Crippen molar-refractivity contribution in [3.63, 3.8) is 0 Å². The number of esters is 1. The number of rotatable bonds is 6. The number of carbonyl (C=O) groups is 1. The number of para-hydroxylation sites is 1. The second-order valence-corrected chi connectivity index (χ2v) is 7.18. The summed E-state index contributed by atoms with van der Waals surface area (Å²) in [7, 11) is -2.67. The van der Waals surface area contributed by atoms with E-state index in [9.17, 15) is 13.2 Å². The Kier molecular flexibility index (Phi) is 5.62. The fourth-order valence-electron chi connectivity index (χ4n) is 2.45. The lowest BCUT2D eigenvalue weighted by Crippen LogP contribution is -2.21. The van der Waals surface area contributed by atoms with Gasteiger partial charge in [0.1, 0.15) is 10.6 Å². The predicted octanol–water partition coefficient (Wildman–Crippen LogP) is 3.37. The van der Waals surface area contributed by atoms with Crippen molar-refractivity contribution in [3.8, 4) is 5.75 Å². The molecule has 0 amide bonds. The van der Waals surface area contributed by atoms with Gasteiger partial charge in [-0.2, -0.15) is 8.42 Å². The minimum absolute atomic E-state index is 0.0546. The van der Waals surface area contributed by atoms with Gasteiger partial charge in [0.15, 0.2) is 0 Å². The van der Waals surface area contributed by atoms with E-state index in [-0.39, 0.29) is 16.6 Å². The largest absolute Gasteiger partial charge is 0.469 e. The van der Waals surface area contributed by atoms with Crippen molar-refractivity contribution >= 4 is 16.1 Å². The summed E-state index contributed by atoms with van der Waals surface area (Å²) in [6.07, 6.45) is 0. The number of ether oxygens (including phenoxy) is 1. The minimum atomic E-state index is -3.98. The van der Waals surface area contributed by atoms with Crippen LogP contribution in [0.4, 0.5) is 0 Å². The molecule has 0 N–H and O–H groups in total. The average molecular weight is 348 g/mol. The molecular formula is C18H20O5S. The van der Waals surface area contributed by atoms with Crippen LogP contribution in [0.5, 0.6) is 5.75 Å². The quantitative estimate of drug-likeness (QED) is 0.591. The third kappa shape index (κ3) is 3.94. The van der Waals surface area contributed by atoms with Gasteiger partial charge in [0, 0.05) is 5.56 Å². The van der Waals surface area contributed by atoms with Crippen molar-refractivity contribution in [2.45, 2.75) is 24.7 Å². The van der Waals surface area contributed by atoms with E-state index >= 15 is 0 Å². The van der Waals surface area contributed by atoms with Gasteiger partial charge in [-0.1, -0.05) is 50.2 Å². The molecule has 1 atom stereocenters. The van der Waals surface area contributed by atoms with Crippen LogP contribution < -0.4 is 4.18 Å². The maximum atomic E-state index is 12.4. The lowest BCUT2D eigenvalue weighted by Gasteiger charge is -2.21. The molecular weight excluding hydrogens is 328 g/mol. The van der Waals surface area contributed by atoms with Crippen LogP contribution in [0, 0.1) is 5.92 Å². The molecule has 2 rings (SSSR count). The molecule has 1 unspecified atom stereocenters. The highest BCUT2D eigenvalue weighted by Gasteiger charge is 2.29. The molecule has 0 aliphatic rings. The van der Waals surface area contributed by atoms with E-state index in [1.165, 1.54) is 25.3 Å². The smallest absolute Gasteiger partial charge is 0.339 e. The first kappa shape index (κ1) is 18.0. The molecule has 6 heteroatoms. The molecule has 0 radical (unpaired) electrons. The van der Waals surface area contributed by atoms with E-state index in [0.717, 1.165) is 0 Å². The summed E-state index contributed by atoms with van der Waals surface area (Å²) in [6, 6.07) is 14.5. The number of benzene rings is 2. The zero-order valence-electron chi connectivity index (χ0n) is 13.8. The molecule has 0 saturated heterocycles. The van der Waals surface area contributed by atoms with E-state index in [1.807, 2.05) is 13.8 Å². The third-order valence-corrected chi connectivity index (χ3v) is 4.86. The van der Waals surface area contributed by atoms with Crippen molar-refractivity contribution < 1.29 is 22.1 Å². The standard InChI is InChI=1S/C18H20O5S/c1-13(2)17(18(19)22-3)15-11-7-8-12-16(15)23-24(20,21)14-9-5-4-6-10-14/h4-13,17H,1-3H3. The topological polar surface area (TPSA) is 69.7 Å². The average Bonchev–Trinajstić information content (AvgIpc) is 2.56. The van der Waals surface area contributed by atoms with E-state index in [0.29, 0.717) is 5.56 Å². The van der Waals surface area contributed by atoms with Crippen LogP contribution in [0.1, 0.15) is 25.3 Å². The molecule has 2 aromatic carbocycles. The van der Waals surface area contributed by atoms with Crippen LogP contribution >= 0.6 is 0 Å². The molecule has 0 saturated carbocycles. The van der Waals surface area contributed by atoms with Crippen molar-refractivity contribution in [2.75, 3.05) is 7.11 Å². The van der Waals surface area contributed by atoms with Crippen LogP contribution in [-0.4, -0.2) is 21.5 Å². The van der Waals surface area contributed by atoms with Crippen LogP contribution in [-0.2, 0) is 19.6 Å². The first-order valence-electron chi connectivity index (χ1n) is 7.53. The van der Waals surface area contributed by atoms with Crippen LogP contribution in [0.2, 0.25) is 0 Å². The summed E-state index contributed by atoms with van der Waals surface area (Å²) in [4.78, 5) is 12.2. The Morgan fingerprint density at radius 2 is 1.54 bits per heavy atom. The predicted molar refractivity (Wildman–Crippen MR) is 90.3 cm³/mol. The maximum Gasteiger partial charge on any atom is 0.339 e. The molecule has 24 heavy (non-hydrogen) atoms. The summed E-state index contributed by atoms with van der Waals surface area (Å²) in [5.41, 5.74) is 0.485. The summed E-state index contributed by atoms with van der Waals surface area (Å²) in [5.74, 6) is -0.998. The Labute approximate surface area is 142 Å². The Bertz CT molecular complexity index is 797. The van der Waals surface area contributed by atoms with E-state index in [4.69, 9.17) is 8.92 Å². The lowest BCUT2D eigenvalue weighted by molar-refractivity contribution is -0.143. The monoisotopic (exact) mass is 348 g/mol. The molecule has 0 heterocycles. The van der Waals surface area contributed by atoms with Crippen molar-refractivity contribution in [2.24, 2.45) is 5.92 Å². The zero-order chi connectivity index (χ0) is 17.7. The maximum absolute atomic E-state index is 12.4. The third-order valence-electron chi connectivity index (χ3n) is 3.61. The first-order valence-corrected chi connectivity index (χ1v) is 8.94. The van der Waals surface area contributed by atoms with Crippen LogP contribution in [0.25, 0.3) is 0 Å². The molecule has 0 fully saturated rings. The normalized spacial score (nSPS) is 12.7. The van der Waals surface area contributed by atoms with Gasteiger partial charge < -0.3 is 8.92 Å². The highest BCUT2D eigenvalue weighted by atomic mass is 32.2. The molecule has 0 aliphatic heterocycles. The van der Waals surface area contributed by atoms with Crippen molar-refractivity contribution in [1.29, 1.82) is 0 Å². The Morgan fingerprint density at radius 1 is 0.958 bits per heavy atom. The van der Waals surface area contributed by atoms with Gasteiger partial charge in [-0.25, -0.2) is 0 Å². The number of methoxy groups -OCH3 is 1. The molecule has 0 aliphatic carbocycles. The summed E-state index contributed by atoms with van der Waals surface area (Å²) in [6.45, 7) is 3.73. The van der Waals surface area contributed by atoms with Gasteiger partial charge in [-0.05, 0) is 24.1 Å². The van der Waals surface area contributed by atoms with Gasteiger partial charge in [-0.3, -0.25) is 4.79 Å². The van der Waals surface area contributed by atoms with Crippen LogP contribution in [0.15, 0.2) is 59.5 Å². The van der Waals surface area contributed by atoms with E-state index in [2.05, 4.69) is 0 Å². The van der Waals surface area contributed by atoms with Crippen molar-refractivity contribution in [1.82, 2.24) is 0 Å². The second kappa shape index (κ2) is 7.49. The van der Waals surface area contributed by atoms with Gasteiger partial charge >= 0.3 is 16.1 Å². The Hall–Kier alpha value is -2.34. The second-order valence-electron chi connectivity index (χ2n) is 5.63. The number of carbonyl (C=O) groups excluding carboxylic acids is 1. The Balaban J connectivity index is 2.44. The van der Waals surface area contributed by atoms with Gasteiger partial charge in [0.05, 0.1) is 13.0 Å². The van der Waals surface area contributed by atoms with E-state index in [1.54, 1.807) is 36.4 Å². The summed E-state index contributed by atoms with van der Waals surface area (Å²) >= 11 is 0. The molecule has 5 nitrogen and oxygen atoms in total. The molecule has 2 aromatic rings. The zero-order valence-corrected chi connectivity index (χ0v) is 14.6. The molecule has 128 valence electrons. The van der Waals surface area contributed by atoms with Gasteiger partial charge in [0.25, 0.3) is 0 Å². The lowest BCUT2D eigenvalue weighted by atomic mass is 9.88. The van der Waals surface area contributed by atoms with Crippen LogP contribution in [0.3, 0.4) is 0 Å². The molecule has 0 bridgehead atoms. The van der Waals surface area contributed by atoms with Crippen molar-refractivity contribution in [3.05, 3.63) is 60.2 Å². The molecule has 0 aromatic heterocycles. The summed E-state index contributed by atoms with van der Waals surface area (Å²) < 4.78 is 35.1. The Morgan fingerprint density at radius 3 is 2.12 bits per heavy atom.